The van der Waals surface area contributed by atoms with Gasteiger partial charge in [-0.1, -0.05) is 6.92 Å². The quantitative estimate of drug-likeness (QED) is 0.333. The van der Waals surface area contributed by atoms with Gasteiger partial charge in [-0.15, -0.1) is 0 Å². The van der Waals surface area contributed by atoms with Crippen LogP contribution >= 0.6 is 0 Å². The molecule has 1 fully saturated rings. The highest BCUT2D eigenvalue weighted by Crippen LogP contribution is 2.30. The fourth-order valence-electron chi connectivity index (χ4n) is 3.37. The van der Waals surface area contributed by atoms with Crippen LogP contribution in [0.1, 0.15) is 26.0 Å². The van der Waals surface area contributed by atoms with Gasteiger partial charge in [-0.25, -0.2) is 4.98 Å². The van der Waals surface area contributed by atoms with Crippen molar-refractivity contribution in [3.63, 3.8) is 0 Å². The summed E-state index contributed by atoms with van der Waals surface area (Å²) in [6, 6.07) is 3.21. The molecule has 0 radical (unpaired) electrons. The average Bonchev–Trinajstić information content (AvgIpc) is 2.80. The van der Waals surface area contributed by atoms with E-state index in [1.165, 1.54) is 6.07 Å². The van der Waals surface area contributed by atoms with E-state index in [1.807, 2.05) is 6.92 Å². The largest absolute Gasteiger partial charge is 0.380 e. The van der Waals surface area contributed by atoms with Crippen molar-refractivity contribution in [2.45, 2.75) is 20.3 Å². The maximum Gasteiger partial charge on any atom is 0.248 e. The average molecular weight is 429 g/mol. The van der Waals surface area contributed by atoms with Gasteiger partial charge in [0.2, 0.25) is 11.5 Å². The monoisotopic (exact) mass is 428 g/mol. The predicted molar refractivity (Wildman–Crippen MR) is 125 cm³/mol. The van der Waals surface area contributed by atoms with Gasteiger partial charge in [0.05, 0.1) is 18.0 Å². The Morgan fingerprint density at radius 3 is 2.71 bits per heavy atom. The second kappa shape index (κ2) is 11.4. The van der Waals surface area contributed by atoms with Crippen molar-refractivity contribution >= 4 is 28.9 Å². The Balaban J connectivity index is 2.05. The molecule has 0 aliphatic carbocycles. The van der Waals surface area contributed by atoms with E-state index in [4.69, 9.17) is 14.7 Å². The van der Waals surface area contributed by atoms with Crippen molar-refractivity contribution < 1.29 is 4.74 Å². The van der Waals surface area contributed by atoms with Crippen LogP contribution in [0.5, 0.6) is 0 Å². The van der Waals surface area contributed by atoms with Gasteiger partial charge in [-0.3, -0.25) is 9.79 Å². The van der Waals surface area contributed by atoms with Crippen LogP contribution in [-0.4, -0.2) is 73.6 Å². The van der Waals surface area contributed by atoms with Crippen LogP contribution in [0.15, 0.2) is 28.1 Å². The molecular weight excluding hydrogens is 396 g/mol. The van der Waals surface area contributed by atoms with E-state index >= 15 is 0 Å². The van der Waals surface area contributed by atoms with Gasteiger partial charge in [-0.2, -0.15) is 4.98 Å². The number of hydrogen-bond acceptors (Lipinski definition) is 9. The van der Waals surface area contributed by atoms with E-state index in [0.29, 0.717) is 31.5 Å². The summed E-state index contributed by atoms with van der Waals surface area (Å²) in [5.74, 6) is 1.30. The Morgan fingerprint density at radius 2 is 2.06 bits per heavy atom. The molecule has 1 aliphatic rings. The molecule has 0 atom stereocenters. The number of nitrogens with one attached hydrogen (secondary N) is 4. The van der Waals surface area contributed by atoms with Crippen molar-refractivity contribution in [2.75, 3.05) is 68.5 Å². The predicted octanol–water partition coefficient (Wildman–Crippen LogP) is 1.60. The Labute approximate surface area is 182 Å². The normalized spacial score (nSPS) is 14.5. The molecule has 3 heterocycles. The third-order valence-electron chi connectivity index (χ3n) is 4.97. The second-order valence-electron chi connectivity index (χ2n) is 7.05. The molecule has 0 amide bonds. The van der Waals surface area contributed by atoms with Crippen LogP contribution in [0, 0.1) is 0 Å². The summed E-state index contributed by atoms with van der Waals surface area (Å²) in [6.45, 7) is 9.31. The van der Waals surface area contributed by atoms with Gasteiger partial charge < -0.3 is 30.6 Å². The van der Waals surface area contributed by atoms with Crippen molar-refractivity contribution in [2.24, 2.45) is 4.99 Å². The first-order valence-electron chi connectivity index (χ1n) is 10.8. The SMILES string of the molecule is CCOCCNc1c(Nc2ccc(=O)[nH]c2)nc(N2CCNCC2)nc1/C(CC)=N\C. The summed E-state index contributed by atoms with van der Waals surface area (Å²) < 4.78 is 5.49. The molecule has 0 aromatic carbocycles. The molecule has 1 saturated heterocycles. The number of piperazine rings is 1. The van der Waals surface area contributed by atoms with Crippen LogP contribution in [0.4, 0.5) is 23.1 Å². The molecule has 3 rings (SSSR count). The topological polar surface area (TPSA) is 120 Å². The van der Waals surface area contributed by atoms with Gasteiger partial charge >= 0.3 is 0 Å². The molecule has 0 spiro atoms. The third-order valence-corrected chi connectivity index (χ3v) is 4.97. The molecule has 1 aliphatic heterocycles. The molecule has 10 nitrogen and oxygen atoms in total. The molecule has 2 aromatic rings. The highest BCUT2D eigenvalue weighted by molar-refractivity contribution is 6.05. The highest BCUT2D eigenvalue weighted by Gasteiger charge is 2.22. The number of aliphatic imine (C=N–C) groups is 1. The van der Waals surface area contributed by atoms with Crippen molar-refractivity contribution in [3.05, 3.63) is 34.4 Å². The van der Waals surface area contributed by atoms with Crippen LogP contribution in [0.3, 0.4) is 0 Å². The summed E-state index contributed by atoms with van der Waals surface area (Å²) in [4.78, 5) is 30.6. The zero-order valence-corrected chi connectivity index (χ0v) is 18.5. The lowest BCUT2D eigenvalue weighted by Crippen LogP contribution is -2.44. The summed E-state index contributed by atoms with van der Waals surface area (Å²) >= 11 is 0. The number of H-pyrrole nitrogens is 1. The summed E-state index contributed by atoms with van der Waals surface area (Å²) in [7, 11) is 1.78. The Bertz CT molecular complexity index is 917. The second-order valence-corrected chi connectivity index (χ2v) is 7.05. The van der Waals surface area contributed by atoms with Crippen LogP contribution in [0.2, 0.25) is 0 Å². The lowest BCUT2D eigenvalue weighted by molar-refractivity contribution is 0.158. The summed E-state index contributed by atoms with van der Waals surface area (Å²) in [6.07, 6.45) is 2.37. The van der Waals surface area contributed by atoms with Crippen LogP contribution in [0.25, 0.3) is 0 Å². The Morgan fingerprint density at radius 1 is 1.26 bits per heavy atom. The minimum absolute atomic E-state index is 0.156. The number of hydrogen-bond donors (Lipinski definition) is 4. The van der Waals surface area contributed by atoms with E-state index in [9.17, 15) is 4.79 Å². The third kappa shape index (κ3) is 6.02. The number of nitrogens with zero attached hydrogens (tertiary/aromatic N) is 4. The minimum atomic E-state index is -0.156. The fraction of sp³-hybridized carbons (Fsp3) is 0.524. The van der Waals surface area contributed by atoms with Gasteiger partial charge in [0.15, 0.2) is 5.82 Å². The number of anilines is 4. The van der Waals surface area contributed by atoms with E-state index < -0.39 is 0 Å². The minimum Gasteiger partial charge on any atom is -0.380 e. The van der Waals surface area contributed by atoms with E-state index in [0.717, 1.165) is 55.4 Å². The summed E-state index contributed by atoms with van der Waals surface area (Å²) in [5.41, 5.74) is 3.01. The molecule has 2 aromatic heterocycles. The van der Waals surface area contributed by atoms with Gasteiger partial charge in [0.1, 0.15) is 11.4 Å². The Hall–Kier alpha value is -2.98. The van der Waals surface area contributed by atoms with E-state index in [2.05, 4.69) is 37.8 Å². The lowest BCUT2D eigenvalue weighted by Gasteiger charge is -2.29. The fourth-order valence-corrected chi connectivity index (χ4v) is 3.37. The molecule has 0 saturated carbocycles. The maximum atomic E-state index is 11.5. The van der Waals surface area contributed by atoms with Crippen molar-refractivity contribution in [1.82, 2.24) is 20.3 Å². The molecule has 168 valence electrons. The first kappa shape index (κ1) is 22.7. The van der Waals surface area contributed by atoms with Gasteiger partial charge in [-0.05, 0) is 19.4 Å². The number of aromatic nitrogens is 3. The van der Waals surface area contributed by atoms with Crippen LogP contribution in [-0.2, 0) is 4.74 Å². The first-order chi connectivity index (χ1) is 15.2. The molecule has 0 unspecified atom stereocenters. The number of ether oxygens (including phenoxy) is 1. The highest BCUT2D eigenvalue weighted by atomic mass is 16.5. The molecule has 10 heteroatoms. The van der Waals surface area contributed by atoms with Crippen molar-refractivity contribution in [1.29, 1.82) is 0 Å². The van der Waals surface area contributed by atoms with Crippen molar-refractivity contribution in [3.8, 4) is 0 Å². The van der Waals surface area contributed by atoms with Gasteiger partial charge in [0, 0.05) is 58.6 Å². The van der Waals surface area contributed by atoms with Crippen LogP contribution < -0.4 is 26.4 Å². The number of rotatable bonds is 10. The summed E-state index contributed by atoms with van der Waals surface area (Å²) in [5, 5.41) is 10.1. The maximum absolute atomic E-state index is 11.5. The standard InChI is InChI=1S/C21H32N8O2/c1-4-16(22-3)18-19(24-10-13-31-5-2)20(26-15-6-7-17(30)25-14-15)28-21(27-18)29-11-8-23-9-12-29/h6-7,14,23-24H,4-5,8-13H2,1-3H3,(H,25,30)(H,26,27,28)/b22-16-. The van der Waals surface area contributed by atoms with E-state index in [-0.39, 0.29) is 5.56 Å². The first-order valence-corrected chi connectivity index (χ1v) is 10.8. The Kier molecular flexibility index (Phi) is 8.36. The van der Waals surface area contributed by atoms with E-state index in [1.54, 1.807) is 19.3 Å². The zero-order chi connectivity index (χ0) is 22.1. The van der Waals surface area contributed by atoms with Gasteiger partial charge in [0.25, 0.3) is 0 Å². The number of aromatic amines is 1. The molecule has 0 bridgehead atoms. The smallest absolute Gasteiger partial charge is 0.248 e. The molecule has 31 heavy (non-hydrogen) atoms. The number of pyridine rings is 1. The molecular formula is C21H32N8O2. The lowest BCUT2D eigenvalue weighted by atomic mass is 10.1. The molecule has 4 N–H and O–H groups in total. The zero-order valence-electron chi connectivity index (χ0n) is 18.5.